The van der Waals surface area contributed by atoms with Gasteiger partial charge >= 0.3 is 5.97 Å². The van der Waals surface area contributed by atoms with E-state index in [9.17, 15) is 14.0 Å². The highest BCUT2D eigenvalue weighted by Crippen LogP contribution is 2.16. The molecular weight excluding hydrogens is 263 g/mol. The number of hydrogen-bond donors (Lipinski definition) is 2. The van der Waals surface area contributed by atoms with Crippen LogP contribution in [0.3, 0.4) is 0 Å². The summed E-state index contributed by atoms with van der Waals surface area (Å²) < 4.78 is 13.7. The molecule has 0 saturated carbocycles. The smallest absolute Gasteiger partial charge is 0.335 e. The molecule has 5 nitrogen and oxygen atoms in total. The van der Waals surface area contributed by atoms with Gasteiger partial charge in [0, 0.05) is 5.69 Å². The van der Waals surface area contributed by atoms with Crippen LogP contribution in [0.2, 0.25) is 0 Å². The van der Waals surface area contributed by atoms with Crippen LogP contribution in [0.5, 0.6) is 0 Å². The van der Waals surface area contributed by atoms with Crippen LogP contribution >= 0.6 is 0 Å². The van der Waals surface area contributed by atoms with E-state index in [0.29, 0.717) is 5.69 Å². The highest BCUT2D eigenvalue weighted by molar-refractivity contribution is 6.03. The largest absolute Gasteiger partial charge is 0.478 e. The Balaban J connectivity index is 2.22. The second-order valence-electron chi connectivity index (χ2n) is 4.12. The highest BCUT2D eigenvalue weighted by atomic mass is 19.1. The van der Waals surface area contributed by atoms with Crippen LogP contribution in [0.4, 0.5) is 10.1 Å². The molecule has 0 atom stereocenters. The van der Waals surface area contributed by atoms with Gasteiger partial charge in [-0.3, -0.25) is 4.79 Å². The van der Waals surface area contributed by atoms with E-state index in [2.05, 4.69) is 10.3 Å². The molecule has 2 aromatic rings. The minimum Gasteiger partial charge on any atom is -0.478 e. The molecule has 1 aromatic carbocycles. The fourth-order valence-electron chi connectivity index (χ4n) is 1.61. The summed E-state index contributed by atoms with van der Waals surface area (Å²) in [7, 11) is 0. The normalized spacial score (nSPS) is 10.1. The number of aromatic carboxylic acids is 1. The van der Waals surface area contributed by atoms with Gasteiger partial charge in [0.05, 0.1) is 11.3 Å². The summed E-state index contributed by atoms with van der Waals surface area (Å²) in [5, 5.41) is 11.1. The molecule has 0 radical (unpaired) electrons. The minimum absolute atomic E-state index is 0.0942. The van der Waals surface area contributed by atoms with Gasteiger partial charge in [0.15, 0.2) is 0 Å². The van der Waals surface area contributed by atoms with Crippen LogP contribution < -0.4 is 5.32 Å². The molecule has 20 heavy (non-hydrogen) atoms. The fourth-order valence-corrected chi connectivity index (χ4v) is 1.61. The zero-order valence-electron chi connectivity index (χ0n) is 10.6. The minimum atomic E-state index is -1.23. The Morgan fingerprint density at radius 3 is 2.60 bits per heavy atom. The lowest BCUT2D eigenvalue weighted by atomic mass is 10.2. The molecule has 0 aliphatic rings. The molecule has 0 aliphatic carbocycles. The maximum atomic E-state index is 13.7. The number of carbonyl (C=O) groups excluding carboxylic acids is 1. The van der Waals surface area contributed by atoms with Crippen LogP contribution in [0.25, 0.3) is 0 Å². The van der Waals surface area contributed by atoms with Crippen molar-refractivity contribution in [1.82, 2.24) is 4.98 Å². The molecule has 6 heteroatoms. The van der Waals surface area contributed by atoms with Gasteiger partial charge in [-0.05, 0) is 37.3 Å². The van der Waals surface area contributed by atoms with Crippen molar-refractivity contribution in [2.45, 2.75) is 6.92 Å². The van der Waals surface area contributed by atoms with Gasteiger partial charge in [-0.15, -0.1) is 0 Å². The van der Waals surface area contributed by atoms with Crippen molar-refractivity contribution in [3.05, 3.63) is 59.2 Å². The SMILES string of the molecule is Cc1cccc(C(=O)Nc2ccc(C(=O)O)cc2F)n1. The molecule has 0 bridgehead atoms. The van der Waals surface area contributed by atoms with Gasteiger partial charge in [-0.25, -0.2) is 14.2 Å². The van der Waals surface area contributed by atoms with Gasteiger partial charge in [0.25, 0.3) is 5.91 Å². The third kappa shape index (κ3) is 2.97. The maximum absolute atomic E-state index is 13.7. The Morgan fingerprint density at radius 2 is 2.00 bits per heavy atom. The Bertz CT molecular complexity index is 686. The predicted octanol–water partition coefficient (Wildman–Crippen LogP) is 2.48. The number of hydrogen-bond acceptors (Lipinski definition) is 3. The molecule has 1 aromatic heterocycles. The molecule has 2 N–H and O–H groups in total. The van der Waals surface area contributed by atoms with E-state index in [1.54, 1.807) is 19.1 Å². The predicted molar refractivity (Wildman–Crippen MR) is 70.3 cm³/mol. The number of anilines is 1. The van der Waals surface area contributed by atoms with E-state index >= 15 is 0 Å². The third-order valence-electron chi connectivity index (χ3n) is 2.59. The molecular formula is C14H11FN2O3. The summed E-state index contributed by atoms with van der Waals surface area (Å²) in [4.78, 5) is 26.6. The van der Waals surface area contributed by atoms with Crippen molar-refractivity contribution in [1.29, 1.82) is 0 Å². The van der Waals surface area contributed by atoms with E-state index in [-0.39, 0.29) is 16.9 Å². The number of aryl methyl sites for hydroxylation is 1. The monoisotopic (exact) mass is 274 g/mol. The lowest BCUT2D eigenvalue weighted by Crippen LogP contribution is -2.15. The quantitative estimate of drug-likeness (QED) is 0.901. The third-order valence-corrected chi connectivity index (χ3v) is 2.59. The molecule has 0 fully saturated rings. The summed E-state index contributed by atoms with van der Waals surface area (Å²) in [6, 6.07) is 8.17. The van der Waals surface area contributed by atoms with Gasteiger partial charge in [0.1, 0.15) is 11.5 Å². The molecule has 102 valence electrons. The number of carboxylic acids is 1. The van der Waals surface area contributed by atoms with Crippen molar-refractivity contribution >= 4 is 17.6 Å². The summed E-state index contributed by atoms with van der Waals surface area (Å²) >= 11 is 0. The van der Waals surface area contributed by atoms with E-state index in [0.717, 1.165) is 6.07 Å². The van der Waals surface area contributed by atoms with E-state index in [4.69, 9.17) is 5.11 Å². The van der Waals surface area contributed by atoms with Crippen molar-refractivity contribution in [3.63, 3.8) is 0 Å². The second kappa shape index (κ2) is 5.48. The van der Waals surface area contributed by atoms with Crippen molar-refractivity contribution in [2.24, 2.45) is 0 Å². The zero-order valence-corrected chi connectivity index (χ0v) is 10.6. The average molecular weight is 274 g/mol. The molecule has 2 rings (SSSR count). The fraction of sp³-hybridized carbons (Fsp3) is 0.0714. The van der Waals surface area contributed by atoms with Crippen molar-refractivity contribution in [3.8, 4) is 0 Å². The summed E-state index contributed by atoms with van der Waals surface area (Å²) in [5.74, 6) is -2.61. The molecule has 0 aliphatic heterocycles. The molecule has 0 spiro atoms. The van der Waals surface area contributed by atoms with Crippen LogP contribution in [0, 0.1) is 12.7 Å². The number of pyridine rings is 1. The number of nitrogens with one attached hydrogen (secondary N) is 1. The molecule has 1 amide bonds. The lowest BCUT2D eigenvalue weighted by molar-refractivity contribution is 0.0696. The number of halogens is 1. The Kier molecular flexibility index (Phi) is 3.74. The van der Waals surface area contributed by atoms with Gasteiger partial charge in [0.2, 0.25) is 0 Å². The number of rotatable bonds is 3. The molecule has 0 saturated heterocycles. The number of benzene rings is 1. The van der Waals surface area contributed by atoms with Gasteiger partial charge in [-0.1, -0.05) is 6.07 Å². The lowest BCUT2D eigenvalue weighted by Gasteiger charge is -2.07. The van der Waals surface area contributed by atoms with Crippen LogP contribution in [0.15, 0.2) is 36.4 Å². The first-order chi connectivity index (χ1) is 9.47. The average Bonchev–Trinajstić information content (AvgIpc) is 2.40. The first kappa shape index (κ1) is 13.7. The van der Waals surface area contributed by atoms with Crippen molar-refractivity contribution in [2.75, 3.05) is 5.32 Å². The van der Waals surface area contributed by atoms with Crippen LogP contribution in [-0.2, 0) is 0 Å². The van der Waals surface area contributed by atoms with E-state index in [1.165, 1.54) is 18.2 Å². The topological polar surface area (TPSA) is 79.3 Å². The molecule has 1 heterocycles. The molecule has 0 unspecified atom stereocenters. The number of carbonyl (C=O) groups is 2. The number of carboxylic acid groups (broad SMARTS) is 1. The standard InChI is InChI=1S/C14H11FN2O3/c1-8-3-2-4-12(16-8)13(18)17-11-6-5-9(14(19)20)7-10(11)15/h2-7H,1H3,(H,17,18)(H,19,20). The Labute approximate surface area is 114 Å². The first-order valence-electron chi connectivity index (χ1n) is 5.75. The summed E-state index contributed by atoms with van der Waals surface area (Å²) in [6.45, 7) is 1.74. The Morgan fingerprint density at radius 1 is 1.25 bits per heavy atom. The van der Waals surface area contributed by atoms with E-state index in [1.807, 2.05) is 0 Å². The first-order valence-corrected chi connectivity index (χ1v) is 5.75. The second-order valence-corrected chi connectivity index (χ2v) is 4.12. The number of nitrogens with zero attached hydrogens (tertiary/aromatic N) is 1. The van der Waals surface area contributed by atoms with Gasteiger partial charge < -0.3 is 10.4 Å². The van der Waals surface area contributed by atoms with Crippen LogP contribution in [-0.4, -0.2) is 22.0 Å². The highest BCUT2D eigenvalue weighted by Gasteiger charge is 2.12. The zero-order chi connectivity index (χ0) is 14.7. The summed E-state index contributed by atoms with van der Waals surface area (Å²) in [6.07, 6.45) is 0. The Hall–Kier alpha value is -2.76. The summed E-state index contributed by atoms with van der Waals surface area (Å²) in [5.41, 5.74) is 0.545. The number of amides is 1. The maximum Gasteiger partial charge on any atom is 0.335 e. The van der Waals surface area contributed by atoms with Gasteiger partial charge in [-0.2, -0.15) is 0 Å². The van der Waals surface area contributed by atoms with Crippen molar-refractivity contribution < 1.29 is 19.1 Å². The van der Waals surface area contributed by atoms with Crippen LogP contribution in [0.1, 0.15) is 26.5 Å². The number of aromatic nitrogens is 1. The van der Waals surface area contributed by atoms with E-state index < -0.39 is 17.7 Å².